The molecule has 9 nitrogen and oxygen atoms in total. The Labute approximate surface area is 99.5 Å². The van der Waals surface area contributed by atoms with Crippen LogP contribution in [0.25, 0.3) is 0 Å². The van der Waals surface area contributed by atoms with Gasteiger partial charge in [-0.2, -0.15) is 0 Å². The van der Waals surface area contributed by atoms with E-state index in [9.17, 15) is 25.0 Å². The summed E-state index contributed by atoms with van der Waals surface area (Å²) in [5.41, 5.74) is -1.96. The molecule has 0 aliphatic carbocycles. The van der Waals surface area contributed by atoms with Crippen molar-refractivity contribution in [2.75, 3.05) is 18.0 Å². The Hall–Kier alpha value is -2.71. The molecule has 0 saturated carbocycles. The van der Waals surface area contributed by atoms with Crippen LogP contribution in [-0.2, 0) is 0 Å². The van der Waals surface area contributed by atoms with Crippen molar-refractivity contribution >= 4 is 23.0 Å². The molecule has 9 heteroatoms. The number of rotatable bonds is 4. The fraction of sp³-hybridized carbons (Fsp3) is 0.222. The number of hydrogen-bond acceptors (Lipinski definition) is 6. The third-order valence-corrected chi connectivity index (χ3v) is 2.50. The third-order valence-electron chi connectivity index (χ3n) is 2.50. The monoisotopic (exact) mass is 253 g/mol. The Bertz CT molecular complexity index is 566. The van der Waals surface area contributed by atoms with Gasteiger partial charge in [0.15, 0.2) is 5.69 Å². The number of benzene rings is 1. The summed E-state index contributed by atoms with van der Waals surface area (Å²) in [6.45, 7) is 0.871. The average Bonchev–Trinajstić information content (AvgIpc) is 3.10. The summed E-state index contributed by atoms with van der Waals surface area (Å²) in [4.78, 5) is 32.4. The lowest BCUT2D eigenvalue weighted by Gasteiger charge is -2.07. The predicted octanol–water partition coefficient (Wildman–Crippen LogP) is 1.02. The van der Waals surface area contributed by atoms with Crippen molar-refractivity contribution in [3.05, 3.63) is 37.9 Å². The lowest BCUT2D eigenvalue weighted by Crippen LogP contribution is -2.09. The quantitative estimate of drug-likeness (QED) is 0.482. The molecular weight excluding hydrogens is 246 g/mol. The number of nitrogens with zero attached hydrogens (tertiary/aromatic N) is 3. The number of carboxylic acids is 1. The van der Waals surface area contributed by atoms with Crippen LogP contribution in [0.1, 0.15) is 10.4 Å². The molecule has 1 saturated heterocycles. The Morgan fingerprint density at radius 2 is 1.83 bits per heavy atom. The first kappa shape index (κ1) is 11.8. The fourth-order valence-electron chi connectivity index (χ4n) is 1.66. The Balaban J connectivity index is 2.76. The van der Waals surface area contributed by atoms with Crippen molar-refractivity contribution in [3.8, 4) is 0 Å². The van der Waals surface area contributed by atoms with Gasteiger partial charge in [-0.15, -0.1) is 0 Å². The first-order valence-corrected chi connectivity index (χ1v) is 4.87. The molecule has 0 amide bonds. The van der Waals surface area contributed by atoms with Crippen LogP contribution in [-0.4, -0.2) is 34.0 Å². The molecule has 18 heavy (non-hydrogen) atoms. The molecule has 0 spiro atoms. The topological polar surface area (TPSA) is 127 Å². The zero-order valence-corrected chi connectivity index (χ0v) is 8.90. The van der Waals surface area contributed by atoms with Gasteiger partial charge >= 0.3 is 11.7 Å². The second kappa shape index (κ2) is 3.95. The highest BCUT2D eigenvalue weighted by molar-refractivity contribution is 5.98. The highest BCUT2D eigenvalue weighted by Gasteiger charge is 2.38. The molecule has 0 radical (unpaired) electrons. The molecule has 1 aromatic rings. The summed E-state index contributed by atoms with van der Waals surface area (Å²) >= 11 is 0. The number of carbonyl (C=O) groups is 1. The van der Waals surface area contributed by atoms with Crippen LogP contribution in [0.4, 0.5) is 17.1 Å². The normalized spacial score (nSPS) is 13.2. The molecule has 1 N–H and O–H groups in total. The van der Waals surface area contributed by atoms with Crippen LogP contribution in [0.5, 0.6) is 0 Å². The summed E-state index contributed by atoms with van der Waals surface area (Å²) in [5.74, 6) is -1.49. The number of aromatic carboxylic acids is 1. The van der Waals surface area contributed by atoms with Gasteiger partial charge in [-0.05, 0) is 6.07 Å². The van der Waals surface area contributed by atoms with Gasteiger partial charge in [-0.1, -0.05) is 0 Å². The van der Waals surface area contributed by atoms with E-state index in [1.54, 1.807) is 0 Å². The molecule has 0 aromatic heterocycles. The van der Waals surface area contributed by atoms with Gasteiger partial charge in [-0.3, -0.25) is 20.2 Å². The van der Waals surface area contributed by atoms with E-state index in [0.717, 1.165) is 12.1 Å². The molecule has 2 rings (SSSR count). The lowest BCUT2D eigenvalue weighted by atomic mass is 10.1. The molecule has 0 bridgehead atoms. The number of nitro groups is 2. The molecule has 1 aliphatic rings. The number of carboxylic acid groups (broad SMARTS) is 1. The summed E-state index contributed by atoms with van der Waals surface area (Å²) in [7, 11) is 0. The van der Waals surface area contributed by atoms with Gasteiger partial charge in [0.05, 0.1) is 9.85 Å². The van der Waals surface area contributed by atoms with E-state index in [2.05, 4.69) is 0 Å². The largest absolute Gasteiger partial charge is 0.477 e. The van der Waals surface area contributed by atoms with Crippen LogP contribution < -0.4 is 4.90 Å². The van der Waals surface area contributed by atoms with Gasteiger partial charge < -0.3 is 10.0 Å². The second-order valence-electron chi connectivity index (χ2n) is 3.64. The smallest absolute Gasteiger partial charge is 0.342 e. The minimum Gasteiger partial charge on any atom is -0.477 e. The number of anilines is 1. The minimum atomic E-state index is -1.49. The lowest BCUT2D eigenvalue weighted by molar-refractivity contribution is -0.392. The first-order valence-electron chi connectivity index (χ1n) is 4.87. The van der Waals surface area contributed by atoms with Gasteiger partial charge in [0.1, 0.15) is 5.56 Å². The van der Waals surface area contributed by atoms with Gasteiger partial charge in [-0.25, -0.2) is 4.79 Å². The second-order valence-corrected chi connectivity index (χ2v) is 3.64. The highest BCUT2D eigenvalue weighted by atomic mass is 16.6. The molecule has 0 unspecified atom stereocenters. The van der Waals surface area contributed by atoms with Crippen LogP contribution in [0, 0.1) is 20.2 Å². The van der Waals surface area contributed by atoms with Crippen LogP contribution in [0.3, 0.4) is 0 Å². The zero-order chi connectivity index (χ0) is 13.4. The first-order chi connectivity index (χ1) is 8.43. The van der Waals surface area contributed by atoms with E-state index in [4.69, 9.17) is 5.11 Å². The Morgan fingerprint density at radius 3 is 2.22 bits per heavy atom. The summed E-state index contributed by atoms with van der Waals surface area (Å²) in [6, 6.07) is 1.86. The van der Waals surface area contributed by atoms with E-state index in [-0.39, 0.29) is 5.69 Å². The van der Waals surface area contributed by atoms with E-state index >= 15 is 0 Å². The molecule has 0 atom stereocenters. The van der Waals surface area contributed by atoms with E-state index in [1.165, 1.54) is 4.90 Å². The van der Waals surface area contributed by atoms with Crippen molar-refractivity contribution in [2.24, 2.45) is 0 Å². The maximum absolute atomic E-state index is 10.9. The predicted molar refractivity (Wildman–Crippen MR) is 58.9 cm³/mol. The average molecular weight is 253 g/mol. The van der Waals surface area contributed by atoms with Crippen LogP contribution in [0.15, 0.2) is 12.1 Å². The molecule has 94 valence electrons. The number of hydrogen-bond donors (Lipinski definition) is 1. The van der Waals surface area contributed by atoms with Crippen molar-refractivity contribution in [2.45, 2.75) is 0 Å². The summed E-state index contributed by atoms with van der Waals surface area (Å²) in [5, 5.41) is 30.6. The van der Waals surface area contributed by atoms with Crippen LogP contribution in [0.2, 0.25) is 0 Å². The van der Waals surface area contributed by atoms with E-state index in [0.29, 0.717) is 13.1 Å². The van der Waals surface area contributed by atoms with Crippen molar-refractivity contribution in [3.63, 3.8) is 0 Å². The molecule has 1 heterocycles. The Kier molecular flexibility index (Phi) is 2.58. The van der Waals surface area contributed by atoms with Crippen LogP contribution >= 0.6 is 0 Å². The van der Waals surface area contributed by atoms with Crippen molar-refractivity contribution in [1.29, 1.82) is 0 Å². The van der Waals surface area contributed by atoms with Crippen molar-refractivity contribution in [1.82, 2.24) is 0 Å². The standard InChI is InChI=1S/C9H7N3O6/c13-9(14)5-1-2-6(11(15)16)8(10-3-4-10)7(5)12(17)18/h1-2H,3-4H2,(H,13,14). The maximum atomic E-state index is 10.9. The maximum Gasteiger partial charge on any atom is 0.342 e. The summed E-state index contributed by atoms with van der Waals surface area (Å²) < 4.78 is 0. The minimum absolute atomic E-state index is 0.232. The number of nitro benzene ring substituents is 2. The molecule has 1 aliphatic heterocycles. The van der Waals surface area contributed by atoms with E-state index in [1.807, 2.05) is 0 Å². The van der Waals surface area contributed by atoms with Gasteiger partial charge in [0.2, 0.25) is 0 Å². The fourth-order valence-corrected chi connectivity index (χ4v) is 1.66. The van der Waals surface area contributed by atoms with E-state index < -0.39 is 32.8 Å². The molecule has 1 aromatic carbocycles. The SMILES string of the molecule is O=C(O)c1ccc([N+](=O)[O-])c(N2CC2)c1[N+](=O)[O-]. The molecular formula is C9H7N3O6. The highest BCUT2D eigenvalue weighted by Crippen LogP contribution is 2.42. The van der Waals surface area contributed by atoms with Crippen molar-refractivity contribution < 1.29 is 19.7 Å². The van der Waals surface area contributed by atoms with Gasteiger partial charge in [0, 0.05) is 19.2 Å². The zero-order valence-electron chi connectivity index (χ0n) is 8.90. The molecule has 1 fully saturated rings. The summed E-state index contributed by atoms with van der Waals surface area (Å²) in [6.07, 6.45) is 0. The van der Waals surface area contributed by atoms with Gasteiger partial charge in [0.25, 0.3) is 5.69 Å². The Morgan fingerprint density at radius 1 is 1.22 bits per heavy atom. The third kappa shape index (κ3) is 1.81.